The van der Waals surface area contributed by atoms with E-state index in [1.165, 1.54) is 0 Å². The highest BCUT2D eigenvalue weighted by atomic mass is 16.5. The SMILES string of the molecule is [2H]c1c([2H])c([2H])c(-c2cc(Oc3ccc4c5ccccc5n(-c5cc(C(C)(C)C)ccn5)c4c3)cc(-n3[c-][n+](-c4c(-c5c([2H])c([2H])c([2H])c([2H])c5[2H])cc(C(C)(C)C)cc4-c4c([2H])c([2H])c([2H])c([2H])c4[2H])c4ccccc43)c2)c([2H])c1[2H]. The van der Waals surface area contributed by atoms with Crippen LogP contribution in [0.1, 0.15) is 73.2 Å². The fraction of sp³-hybridized carbons (Fsp3) is 0.129. The summed E-state index contributed by atoms with van der Waals surface area (Å²) in [6.07, 6.45) is 5.23. The molecule has 0 fully saturated rings. The number of para-hydroxylation sites is 3. The minimum atomic E-state index is -0.722. The van der Waals surface area contributed by atoms with E-state index in [0.717, 1.165) is 27.4 Å². The predicted octanol–water partition coefficient (Wildman–Crippen LogP) is 15.6. The smallest absolute Gasteiger partial charge is 0.269 e. The second-order valence-corrected chi connectivity index (χ2v) is 18.4. The number of hydrogen-bond donors (Lipinski definition) is 0. The molecule has 0 saturated carbocycles. The van der Waals surface area contributed by atoms with E-state index >= 15 is 0 Å². The molecule has 0 amide bonds. The molecule has 11 rings (SSSR count). The molecule has 67 heavy (non-hydrogen) atoms. The van der Waals surface area contributed by atoms with Gasteiger partial charge in [0.05, 0.1) is 54.0 Å². The van der Waals surface area contributed by atoms with Gasteiger partial charge in [0.15, 0.2) is 0 Å². The number of fused-ring (bicyclic) bond motifs is 4. The average Bonchev–Trinajstić information content (AvgIpc) is 2.10. The summed E-state index contributed by atoms with van der Waals surface area (Å²) in [5.41, 5.74) is 3.40. The second kappa shape index (κ2) is 16.4. The van der Waals surface area contributed by atoms with Crippen LogP contribution in [0.15, 0.2) is 206 Å². The first-order valence-electron chi connectivity index (χ1n) is 29.4. The summed E-state index contributed by atoms with van der Waals surface area (Å²) >= 11 is 0. The van der Waals surface area contributed by atoms with Crippen LogP contribution >= 0.6 is 0 Å². The van der Waals surface area contributed by atoms with Gasteiger partial charge in [0.25, 0.3) is 6.33 Å². The Hall–Kier alpha value is -8.02. The van der Waals surface area contributed by atoms with Crippen molar-refractivity contribution in [3.05, 3.63) is 223 Å². The van der Waals surface area contributed by atoms with Crippen LogP contribution < -0.4 is 9.30 Å². The maximum absolute atomic E-state index is 9.33. The number of benzene rings is 8. The van der Waals surface area contributed by atoms with Crippen LogP contribution in [0.3, 0.4) is 0 Å². The molecule has 8 aromatic carbocycles. The fourth-order valence-corrected chi connectivity index (χ4v) is 8.59. The topological polar surface area (TPSA) is 35.9 Å². The lowest BCUT2D eigenvalue weighted by Gasteiger charge is -2.25. The van der Waals surface area contributed by atoms with Crippen LogP contribution in [0.5, 0.6) is 11.5 Å². The van der Waals surface area contributed by atoms with Gasteiger partial charge in [-0.1, -0.05) is 187 Å². The van der Waals surface area contributed by atoms with Crippen LogP contribution in [-0.4, -0.2) is 14.1 Å². The maximum atomic E-state index is 9.33. The highest BCUT2D eigenvalue weighted by molar-refractivity contribution is 6.09. The fourth-order valence-electron chi connectivity index (χ4n) is 8.59. The summed E-state index contributed by atoms with van der Waals surface area (Å²) in [6.45, 7) is 12.1. The van der Waals surface area contributed by atoms with E-state index in [9.17, 15) is 5.48 Å². The average molecular weight is 884 g/mol. The lowest BCUT2D eigenvalue weighted by Crippen LogP contribution is -2.32. The predicted molar refractivity (Wildman–Crippen MR) is 276 cm³/mol. The van der Waals surface area contributed by atoms with Crippen molar-refractivity contribution in [1.82, 2.24) is 14.1 Å². The molecule has 5 heteroatoms. The first kappa shape index (κ1) is 28.1. The zero-order valence-corrected chi connectivity index (χ0v) is 37.7. The van der Waals surface area contributed by atoms with Crippen LogP contribution in [0.2, 0.25) is 0 Å². The molecule has 0 bridgehead atoms. The zero-order valence-electron chi connectivity index (χ0n) is 52.7. The second-order valence-electron chi connectivity index (χ2n) is 18.4. The van der Waals surface area contributed by atoms with Crippen molar-refractivity contribution >= 4 is 32.8 Å². The van der Waals surface area contributed by atoms with Crippen molar-refractivity contribution in [2.45, 2.75) is 52.4 Å². The molecule has 3 heterocycles. The van der Waals surface area contributed by atoms with Crippen LogP contribution in [0, 0.1) is 6.33 Å². The molecule has 5 nitrogen and oxygen atoms in total. The summed E-state index contributed by atoms with van der Waals surface area (Å²) in [4.78, 5) is 4.83. The Morgan fingerprint density at radius 2 is 1.12 bits per heavy atom. The standard InChI is InChI=1S/C62H52N4O/c1-61(2,3)46-32-33-63-59(38-46)66-55-27-17-16-26-51(55)52-31-30-49(40-58(52)66)67-50-35-45(42-20-10-7-11-21-42)34-48(39-50)64-41-65(57-29-19-18-28-56(57)64)60-53(43-22-12-8-13-23-43)36-47(62(4,5)6)37-54(60)44-24-14-9-15-25-44/h7-40H,1-6H3/i7D,8D,9D,10D,11D,12D,13D,14D,15D,20D,21D,22D,23D,24D,25D. The molecule has 11 aromatic rings. The van der Waals surface area contributed by atoms with E-state index in [-0.39, 0.29) is 50.2 Å². The Morgan fingerprint density at radius 1 is 0.522 bits per heavy atom. The molecule has 0 unspecified atom stereocenters. The summed E-state index contributed by atoms with van der Waals surface area (Å²) in [6, 6.07) is 24.5. The van der Waals surface area contributed by atoms with E-state index in [1.807, 2.05) is 69.3 Å². The molecule has 0 radical (unpaired) electrons. The van der Waals surface area contributed by atoms with Crippen molar-refractivity contribution in [2.24, 2.45) is 0 Å². The van der Waals surface area contributed by atoms with Gasteiger partial charge in [-0.05, 0) is 104 Å². The molecule has 0 saturated heterocycles. The Labute approximate surface area is 413 Å². The normalized spacial score (nSPS) is 15.2. The Balaban J connectivity index is 1.21. The van der Waals surface area contributed by atoms with Crippen molar-refractivity contribution in [3.8, 4) is 62.1 Å². The van der Waals surface area contributed by atoms with Gasteiger partial charge in [0.2, 0.25) is 0 Å². The Kier molecular flexibility index (Phi) is 6.90. The Bertz CT molecular complexity index is 4360. The number of aromatic nitrogens is 4. The number of rotatable bonds is 8. The number of imidazole rings is 1. The summed E-state index contributed by atoms with van der Waals surface area (Å²) in [5.74, 6) is 1.26. The maximum Gasteiger partial charge on any atom is 0.269 e. The van der Waals surface area contributed by atoms with E-state index in [0.29, 0.717) is 33.9 Å². The zero-order chi connectivity index (χ0) is 58.9. The van der Waals surface area contributed by atoms with Crippen LogP contribution in [0.25, 0.3) is 83.4 Å². The molecule has 0 aliphatic heterocycles. The quantitative estimate of drug-likeness (QED) is 0.113. The van der Waals surface area contributed by atoms with Crippen LogP contribution in [0.4, 0.5) is 0 Å². The summed E-state index contributed by atoms with van der Waals surface area (Å²) in [7, 11) is 0. The highest BCUT2D eigenvalue weighted by Gasteiger charge is 2.25. The van der Waals surface area contributed by atoms with Crippen molar-refractivity contribution in [3.63, 3.8) is 0 Å². The van der Waals surface area contributed by atoms with E-state index in [4.69, 9.17) is 24.8 Å². The molecule has 0 N–H and O–H groups in total. The lowest BCUT2D eigenvalue weighted by molar-refractivity contribution is -0.571. The lowest BCUT2D eigenvalue weighted by atomic mass is 9.82. The first-order chi connectivity index (χ1) is 38.7. The van der Waals surface area contributed by atoms with Crippen LogP contribution in [-0.2, 0) is 10.8 Å². The van der Waals surface area contributed by atoms with Gasteiger partial charge in [-0.3, -0.25) is 13.7 Å². The molecule has 0 atom stereocenters. The van der Waals surface area contributed by atoms with Gasteiger partial charge in [0.1, 0.15) is 17.3 Å². The third-order valence-corrected chi connectivity index (χ3v) is 12.0. The third kappa shape index (κ3) is 7.76. The van der Waals surface area contributed by atoms with E-state index in [2.05, 4.69) is 37.7 Å². The van der Waals surface area contributed by atoms with Gasteiger partial charge in [-0.15, -0.1) is 0 Å². The minimum Gasteiger partial charge on any atom is -0.458 e. The number of hydrogen-bond acceptors (Lipinski definition) is 2. The number of ether oxygens (including phenoxy) is 1. The first-order valence-corrected chi connectivity index (χ1v) is 21.9. The van der Waals surface area contributed by atoms with Gasteiger partial charge in [-0.25, -0.2) is 4.98 Å². The molecule has 326 valence electrons. The minimum absolute atomic E-state index is 0.0597. The van der Waals surface area contributed by atoms with Gasteiger partial charge in [0, 0.05) is 23.0 Å². The van der Waals surface area contributed by atoms with Gasteiger partial charge >= 0.3 is 0 Å². The molecular weight excluding hydrogens is 817 g/mol. The largest absolute Gasteiger partial charge is 0.458 e. The van der Waals surface area contributed by atoms with Crippen molar-refractivity contribution in [1.29, 1.82) is 0 Å². The molecular formula is C62H52N4O. The van der Waals surface area contributed by atoms with E-state index in [1.54, 1.807) is 69.9 Å². The van der Waals surface area contributed by atoms with E-state index < -0.39 is 96.1 Å². The molecule has 0 spiro atoms. The van der Waals surface area contributed by atoms with Crippen molar-refractivity contribution < 1.29 is 29.9 Å². The van der Waals surface area contributed by atoms with Gasteiger partial charge in [-0.2, -0.15) is 0 Å². The third-order valence-electron chi connectivity index (χ3n) is 12.0. The number of pyridine rings is 1. The highest BCUT2D eigenvalue weighted by Crippen LogP contribution is 2.41. The van der Waals surface area contributed by atoms with Crippen molar-refractivity contribution in [2.75, 3.05) is 0 Å². The number of nitrogens with zero attached hydrogens (tertiary/aromatic N) is 4. The Morgan fingerprint density at radius 3 is 1.78 bits per heavy atom. The summed E-state index contributed by atoms with van der Waals surface area (Å²) < 4.78 is 146. The molecule has 0 aliphatic carbocycles. The summed E-state index contributed by atoms with van der Waals surface area (Å²) in [5, 5.41) is 1.91. The van der Waals surface area contributed by atoms with Gasteiger partial charge < -0.3 is 4.74 Å². The monoisotopic (exact) mass is 884 g/mol. The molecule has 3 aromatic heterocycles. The molecule has 0 aliphatic rings.